The molecular weight excluding hydrogens is 327 g/mol. The summed E-state index contributed by atoms with van der Waals surface area (Å²) in [6, 6.07) is 9.99. The van der Waals surface area contributed by atoms with Gasteiger partial charge in [-0.15, -0.1) is 11.3 Å². The van der Waals surface area contributed by atoms with E-state index in [-0.39, 0.29) is 5.82 Å². The van der Waals surface area contributed by atoms with Gasteiger partial charge in [0.05, 0.1) is 12.6 Å². The molecule has 0 aliphatic carbocycles. The Balaban J connectivity index is 1.89. The zero-order valence-corrected chi connectivity index (χ0v) is 13.5. The molecule has 7 heteroatoms. The van der Waals surface area contributed by atoms with E-state index in [0.717, 1.165) is 22.9 Å². The molecule has 0 unspecified atom stereocenters. The molecule has 0 atom stereocenters. The topological polar surface area (TPSA) is 51.5 Å². The standard InChI is InChI=1S/C17H13FN4OS/c1-23-13-5-6-22-15(8-13)21-16(14-9-24-10-19-14)17(22)20-12-4-2-3-11(18)7-12/h2-10,20H,1H3. The van der Waals surface area contributed by atoms with Crippen molar-refractivity contribution in [1.82, 2.24) is 14.4 Å². The highest BCUT2D eigenvalue weighted by atomic mass is 32.1. The van der Waals surface area contributed by atoms with Gasteiger partial charge in [0.25, 0.3) is 0 Å². The van der Waals surface area contributed by atoms with E-state index in [9.17, 15) is 4.39 Å². The van der Waals surface area contributed by atoms with Gasteiger partial charge in [-0.1, -0.05) is 6.07 Å². The molecule has 0 bridgehead atoms. The molecule has 0 aliphatic rings. The summed E-state index contributed by atoms with van der Waals surface area (Å²) in [5.41, 5.74) is 4.59. The summed E-state index contributed by atoms with van der Waals surface area (Å²) in [7, 11) is 1.61. The van der Waals surface area contributed by atoms with Gasteiger partial charge in [0.1, 0.15) is 34.4 Å². The molecule has 4 aromatic rings. The molecule has 0 fully saturated rings. The zero-order chi connectivity index (χ0) is 16.5. The fourth-order valence-electron chi connectivity index (χ4n) is 2.48. The second-order valence-electron chi connectivity index (χ2n) is 5.11. The van der Waals surface area contributed by atoms with Crippen LogP contribution in [0.15, 0.2) is 53.5 Å². The van der Waals surface area contributed by atoms with Gasteiger partial charge in [-0.05, 0) is 24.3 Å². The highest BCUT2D eigenvalue weighted by Crippen LogP contribution is 2.32. The number of thiazole rings is 1. The fourth-order valence-corrected chi connectivity index (χ4v) is 3.02. The zero-order valence-electron chi connectivity index (χ0n) is 12.7. The van der Waals surface area contributed by atoms with E-state index in [1.54, 1.807) is 24.8 Å². The van der Waals surface area contributed by atoms with Crippen molar-refractivity contribution in [1.29, 1.82) is 0 Å². The summed E-state index contributed by atoms with van der Waals surface area (Å²) in [5, 5.41) is 5.17. The van der Waals surface area contributed by atoms with E-state index in [0.29, 0.717) is 11.4 Å². The van der Waals surface area contributed by atoms with Crippen LogP contribution >= 0.6 is 11.3 Å². The number of hydrogen-bond donors (Lipinski definition) is 1. The van der Waals surface area contributed by atoms with Crippen LogP contribution in [-0.4, -0.2) is 21.5 Å². The van der Waals surface area contributed by atoms with E-state index in [4.69, 9.17) is 4.74 Å². The van der Waals surface area contributed by atoms with Crippen LogP contribution in [0.3, 0.4) is 0 Å². The number of pyridine rings is 1. The lowest BCUT2D eigenvalue weighted by Crippen LogP contribution is -1.97. The van der Waals surface area contributed by atoms with Gasteiger partial charge in [0.2, 0.25) is 0 Å². The van der Waals surface area contributed by atoms with Gasteiger partial charge in [0, 0.05) is 23.3 Å². The van der Waals surface area contributed by atoms with E-state index in [1.165, 1.54) is 23.5 Å². The summed E-state index contributed by atoms with van der Waals surface area (Å²) in [4.78, 5) is 8.99. The van der Waals surface area contributed by atoms with Crippen molar-refractivity contribution in [2.75, 3.05) is 12.4 Å². The SMILES string of the molecule is COc1ccn2c(Nc3cccc(F)c3)c(-c3cscn3)nc2c1. The second-order valence-corrected chi connectivity index (χ2v) is 5.83. The second kappa shape index (κ2) is 5.93. The molecule has 1 N–H and O–H groups in total. The third-order valence-electron chi connectivity index (χ3n) is 3.60. The third kappa shape index (κ3) is 2.59. The number of nitrogens with one attached hydrogen (secondary N) is 1. The average molecular weight is 340 g/mol. The summed E-state index contributed by atoms with van der Waals surface area (Å²) < 4.78 is 20.6. The van der Waals surface area contributed by atoms with Gasteiger partial charge in [-0.25, -0.2) is 14.4 Å². The Morgan fingerprint density at radius 1 is 1.25 bits per heavy atom. The molecule has 0 radical (unpaired) electrons. The number of benzene rings is 1. The smallest absolute Gasteiger partial charge is 0.144 e. The number of hydrogen-bond acceptors (Lipinski definition) is 5. The predicted molar refractivity (Wildman–Crippen MR) is 92.5 cm³/mol. The number of halogens is 1. The lowest BCUT2D eigenvalue weighted by Gasteiger charge is -2.08. The summed E-state index contributed by atoms with van der Waals surface area (Å²) in [6.07, 6.45) is 1.86. The summed E-state index contributed by atoms with van der Waals surface area (Å²) in [6.45, 7) is 0. The number of rotatable bonds is 4. The number of ether oxygens (including phenoxy) is 1. The molecule has 24 heavy (non-hydrogen) atoms. The van der Waals surface area contributed by atoms with Crippen LogP contribution in [0.25, 0.3) is 17.0 Å². The summed E-state index contributed by atoms with van der Waals surface area (Å²) >= 11 is 1.50. The van der Waals surface area contributed by atoms with Crippen LogP contribution in [-0.2, 0) is 0 Å². The van der Waals surface area contributed by atoms with Gasteiger partial charge < -0.3 is 10.1 Å². The molecule has 1 aromatic carbocycles. The monoisotopic (exact) mass is 340 g/mol. The fraction of sp³-hybridized carbons (Fsp3) is 0.0588. The van der Waals surface area contributed by atoms with Crippen LogP contribution in [0.1, 0.15) is 0 Å². The van der Waals surface area contributed by atoms with Crippen molar-refractivity contribution in [3.05, 3.63) is 59.3 Å². The molecule has 0 spiro atoms. The molecule has 4 rings (SSSR count). The van der Waals surface area contributed by atoms with Gasteiger partial charge in [-0.2, -0.15) is 0 Å². The Bertz CT molecular complexity index is 997. The van der Waals surface area contributed by atoms with Crippen LogP contribution < -0.4 is 10.1 Å². The number of aromatic nitrogens is 3. The Labute approximate surface area is 141 Å². The maximum Gasteiger partial charge on any atom is 0.144 e. The minimum absolute atomic E-state index is 0.300. The first kappa shape index (κ1) is 14.6. The van der Waals surface area contributed by atoms with Crippen molar-refractivity contribution in [3.63, 3.8) is 0 Å². The molecular formula is C17H13FN4OS. The van der Waals surface area contributed by atoms with Crippen LogP contribution in [0.2, 0.25) is 0 Å². The first-order chi connectivity index (χ1) is 11.7. The summed E-state index contributed by atoms with van der Waals surface area (Å²) in [5.74, 6) is 1.14. The van der Waals surface area contributed by atoms with Crippen LogP contribution in [0.4, 0.5) is 15.9 Å². The number of anilines is 2. The van der Waals surface area contributed by atoms with Gasteiger partial charge in [-0.3, -0.25) is 4.40 Å². The first-order valence-electron chi connectivity index (χ1n) is 7.22. The first-order valence-corrected chi connectivity index (χ1v) is 8.16. The molecule has 0 amide bonds. The lowest BCUT2D eigenvalue weighted by molar-refractivity contribution is 0.414. The number of imidazole rings is 1. The van der Waals surface area contributed by atoms with E-state index >= 15 is 0 Å². The highest BCUT2D eigenvalue weighted by molar-refractivity contribution is 7.07. The minimum atomic E-state index is -0.300. The molecule has 120 valence electrons. The van der Waals surface area contributed by atoms with Crippen molar-refractivity contribution >= 4 is 28.5 Å². The molecule has 3 heterocycles. The van der Waals surface area contributed by atoms with Crippen molar-refractivity contribution in [2.45, 2.75) is 0 Å². The Kier molecular flexibility index (Phi) is 3.62. The van der Waals surface area contributed by atoms with Gasteiger partial charge >= 0.3 is 0 Å². The minimum Gasteiger partial charge on any atom is -0.497 e. The van der Waals surface area contributed by atoms with E-state index < -0.39 is 0 Å². The average Bonchev–Trinajstić information content (AvgIpc) is 3.22. The Hall–Kier alpha value is -2.93. The molecule has 0 aliphatic heterocycles. The number of fused-ring (bicyclic) bond motifs is 1. The predicted octanol–water partition coefficient (Wildman–Crippen LogP) is 4.35. The number of nitrogens with zero attached hydrogens (tertiary/aromatic N) is 3. The van der Waals surface area contributed by atoms with E-state index in [1.807, 2.05) is 28.1 Å². The number of methoxy groups -OCH3 is 1. The molecule has 5 nitrogen and oxygen atoms in total. The Morgan fingerprint density at radius 3 is 2.92 bits per heavy atom. The van der Waals surface area contributed by atoms with Crippen LogP contribution in [0.5, 0.6) is 5.75 Å². The van der Waals surface area contributed by atoms with E-state index in [2.05, 4.69) is 15.3 Å². The largest absolute Gasteiger partial charge is 0.497 e. The normalized spacial score (nSPS) is 10.9. The van der Waals surface area contributed by atoms with Crippen molar-refractivity contribution in [2.24, 2.45) is 0 Å². The molecule has 0 saturated heterocycles. The quantitative estimate of drug-likeness (QED) is 0.600. The lowest BCUT2D eigenvalue weighted by atomic mass is 10.3. The highest BCUT2D eigenvalue weighted by Gasteiger charge is 2.16. The third-order valence-corrected chi connectivity index (χ3v) is 4.18. The van der Waals surface area contributed by atoms with Crippen LogP contribution in [0, 0.1) is 5.82 Å². The van der Waals surface area contributed by atoms with Crippen molar-refractivity contribution < 1.29 is 9.13 Å². The molecule has 3 aromatic heterocycles. The maximum atomic E-state index is 13.5. The molecule has 0 saturated carbocycles. The maximum absolute atomic E-state index is 13.5. The van der Waals surface area contributed by atoms with Crippen molar-refractivity contribution in [3.8, 4) is 17.1 Å². The van der Waals surface area contributed by atoms with Gasteiger partial charge in [0.15, 0.2) is 0 Å². The Morgan fingerprint density at radius 2 is 2.17 bits per heavy atom.